The first-order valence-electron chi connectivity index (χ1n) is 10.2. The molecular weight excluding hydrogens is 441 g/mol. The van der Waals surface area contributed by atoms with Gasteiger partial charge in [0.25, 0.3) is 0 Å². The molecule has 1 aromatic carbocycles. The van der Waals surface area contributed by atoms with Gasteiger partial charge in [0.2, 0.25) is 11.8 Å². The Labute approximate surface area is 189 Å². The molecule has 2 N–H and O–H groups in total. The topological polar surface area (TPSA) is 87.2 Å². The summed E-state index contributed by atoms with van der Waals surface area (Å²) in [5.74, 6) is 0.429. The zero-order chi connectivity index (χ0) is 21.8. The van der Waals surface area contributed by atoms with Crippen molar-refractivity contribution in [3.63, 3.8) is 0 Å². The van der Waals surface area contributed by atoms with Crippen LogP contribution >= 0.6 is 23.4 Å². The van der Waals surface area contributed by atoms with E-state index in [1.807, 2.05) is 12.1 Å². The average molecular weight is 464 g/mol. The van der Waals surface area contributed by atoms with Gasteiger partial charge in [-0.25, -0.2) is 4.39 Å². The molecular formula is C21H23ClFN5O2S. The second-order valence-corrected chi connectivity index (χ2v) is 9.14. The Morgan fingerprint density at radius 2 is 1.90 bits per heavy atom. The summed E-state index contributed by atoms with van der Waals surface area (Å²) in [5.41, 5.74) is 0.365. The van der Waals surface area contributed by atoms with Crippen molar-refractivity contribution in [1.82, 2.24) is 15.5 Å². The Morgan fingerprint density at radius 1 is 1.13 bits per heavy atom. The molecule has 10 heteroatoms. The Kier molecular flexibility index (Phi) is 6.92. The smallest absolute Gasteiger partial charge is 0.234 e. The van der Waals surface area contributed by atoms with Gasteiger partial charge >= 0.3 is 0 Å². The Hall–Kier alpha value is -2.39. The van der Waals surface area contributed by atoms with Gasteiger partial charge in [-0.2, -0.15) is 0 Å². The van der Waals surface area contributed by atoms with Gasteiger partial charge in [-0.1, -0.05) is 23.4 Å². The van der Waals surface area contributed by atoms with E-state index >= 15 is 0 Å². The van der Waals surface area contributed by atoms with Gasteiger partial charge in [-0.15, -0.1) is 10.2 Å². The molecule has 2 aliphatic rings. The SMILES string of the molecule is O=C(CSc1ccc(N2CCC(C(=O)NC3CC3)CC2)nn1)Nc1ccc(F)cc1Cl. The summed E-state index contributed by atoms with van der Waals surface area (Å²) < 4.78 is 13.1. The first kappa shape index (κ1) is 21.8. The first-order chi connectivity index (χ1) is 15.0. The van der Waals surface area contributed by atoms with Crippen LogP contribution in [0.5, 0.6) is 0 Å². The van der Waals surface area contributed by atoms with Crippen molar-refractivity contribution in [3.05, 3.63) is 41.2 Å². The van der Waals surface area contributed by atoms with E-state index in [2.05, 4.69) is 25.7 Å². The molecule has 164 valence electrons. The van der Waals surface area contributed by atoms with Crippen LogP contribution in [0.3, 0.4) is 0 Å². The molecule has 1 aliphatic carbocycles. The number of carbonyl (C=O) groups is 2. The summed E-state index contributed by atoms with van der Waals surface area (Å²) in [4.78, 5) is 26.4. The number of anilines is 2. The van der Waals surface area contributed by atoms with Crippen LogP contribution in [0.15, 0.2) is 35.4 Å². The quantitative estimate of drug-likeness (QED) is 0.611. The minimum absolute atomic E-state index is 0.0766. The molecule has 1 aromatic heterocycles. The standard InChI is InChI=1S/C21H23ClFN5O2S/c22-16-11-14(23)1-4-17(16)25-19(29)12-31-20-6-5-18(26-27-20)28-9-7-13(8-10-28)21(30)24-15-2-3-15/h1,4-6,11,13,15H,2-3,7-10,12H2,(H,24,30)(H,25,29). The molecule has 0 radical (unpaired) electrons. The van der Waals surface area contributed by atoms with Crippen molar-refractivity contribution in [2.75, 3.05) is 29.1 Å². The Balaban J connectivity index is 1.23. The number of hydrogen-bond donors (Lipinski definition) is 2. The molecule has 0 bridgehead atoms. The summed E-state index contributed by atoms with van der Waals surface area (Å²) in [7, 11) is 0. The van der Waals surface area contributed by atoms with E-state index in [4.69, 9.17) is 11.6 Å². The highest BCUT2D eigenvalue weighted by atomic mass is 35.5. The van der Waals surface area contributed by atoms with Crippen LogP contribution in [-0.4, -0.2) is 46.9 Å². The van der Waals surface area contributed by atoms with Gasteiger partial charge < -0.3 is 15.5 Å². The molecule has 1 aliphatic heterocycles. The predicted molar refractivity (Wildman–Crippen MR) is 119 cm³/mol. The van der Waals surface area contributed by atoms with Crippen LogP contribution in [0, 0.1) is 11.7 Å². The number of amides is 2. The van der Waals surface area contributed by atoms with Gasteiger partial charge in [-0.05, 0) is 56.0 Å². The molecule has 1 saturated heterocycles. The van der Waals surface area contributed by atoms with Crippen LogP contribution in [0.4, 0.5) is 15.9 Å². The van der Waals surface area contributed by atoms with E-state index in [0.717, 1.165) is 50.7 Å². The van der Waals surface area contributed by atoms with Crippen molar-refractivity contribution in [2.45, 2.75) is 36.8 Å². The minimum atomic E-state index is -0.460. The Bertz CT molecular complexity index is 949. The fourth-order valence-corrected chi connectivity index (χ4v) is 4.22. The number of halogens is 2. The van der Waals surface area contributed by atoms with Gasteiger partial charge in [-0.3, -0.25) is 9.59 Å². The molecule has 2 heterocycles. The second-order valence-electron chi connectivity index (χ2n) is 7.73. The number of nitrogens with one attached hydrogen (secondary N) is 2. The lowest BCUT2D eigenvalue weighted by atomic mass is 9.96. The lowest BCUT2D eigenvalue weighted by molar-refractivity contribution is -0.125. The number of rotatable bonds is 7. The van der Waals surface area contributed by atoms with E-state index in [-0.39, 0.29) is 28.5 Å². The summed E-state index contributed by atoms with van der Waals surface area (Å²) in [6.07, 6.45) is 3.82. The summed E-state index contributed by atoms with van der Waals surface area (Å²) in [5, 5.41) is 15.0. The molecule has 2 amide bonds. The van der Waals surface area contributed by atoms with Crippen molar-refractivity contribution in [2.24, 2.45) is 5.92 Å². The number of thioether (sulfide) groups is 1. The fourth-order valence-electron chi connectivity index (χ4n) is 3.39. The number of benzene rings is 1. The van der Waals surface area contributed by atoms with E-state index in [1.54, 1.807) is 0 Å². The normalized spacial score (nSPS) is 16.8. The van der Waals surface area contributed by atoms with Crippen LogP contribution in [0.2, 0.25) is 5.02 Å². The van der Waals surface area contributed by atoms with Gasteiger partial charge in [0, 0.05) is 25.0 Å². The van der Waals surface area contributed by atoms with E-state index in [9.17, 15) is 14.0 Å². The number of hydrogen-bond acceptors (Lipinski definition) is 6. The van der Waals surface area contributed by atoms with Gasteiger partial charge in [0.05, 0.1) is 16.5 Å². The third-order valence-corrected chi connectivity index (χ3v) is 6.53. The maximum Gasteiger partial charge on any atom is 0.234 e. The van der Waals surface area contributed by atoms with Crippen LogP contribution in [-0.2, 0) is 9.59 Å². The third-order valence-electron chi connectivity index (χ3n) is 5.30. The van der Waals surface area contributed by atoms with Crippen molar-refractivity contribution >= 4 is 46.7 Å². The first-order valence-corrected chi connectivity index (χ1v) is 11.6. The molecule has 0 unspecified atom stereocenters. The zero-order valence-electron chi connectivity index (χ0n) is 16.8. The number of piperidine rings is 1. The van der Waals surface area contributed by atoms with Crippen LogP contribution in [0.25, 0.3) is 0 Å². The Morgan fingerprint density at radius 3 is 2.55 bits per heavy atom. The van der Waals surface area contributed by atoms with Crippen molar-refractivity contribution in [1.29, 1.82) is 0 Å². The molecule has 0 atom stereocenters. The van der Waals surface area contributed by atoms with Crippen LogP contribution in [0.1, 0.15) is 25.7 Å². The maximum atomic E-state index is 13.1. The lowest BCUT2D eigenvalue weighted by Gasteiger charge is -2.31. The zero-order valence-corrected chi connectivity index (χ0v) is 18.4. The average Bonchev–Trinajstić information content (AvgIpc) is 3.59. The summed E-state index contributed by atoms with van der Waals surface area (Å²) >= 11 is 7.18. The monoisotopic (exact) mass is 463 g/mol. The maximum absolute atomic E-state index is 13.1. The van der Waals surface area contributed by atoms with Gasteiger partial charge in [0.1, 0.15) is 10.8 Å². The number of aromatic nitrogens is 2. The van der Waals surface area contributed by atoms with Crippen molar-refractivity contribution in [3.8, 4) is 0 Å². The molecule has 2 fully saturated rings. The summed E-state index contributed by atoms with van der Waals surface area (Å²) in [6, 6.07) is 7.92. The predicted octanol–water partition coefficient (Wildman–Crippen LogP) is 3.49. The fraction of sp³-hybridized carbons (Fsp3) is 0.429. The highest BCUT2D eigenvalue weighted by molar-refractivity contribution is 7.99. The van der Waals surface area contributed by atoms with Gasteiger partial charge in [0.15, 0.2) is 5.82 Å². The van der Waals surface area contributed by atoms with E-state index in [1.165, 1.54) is 23.9 Å². The highest BCUT2D eigenvalue weighted by Gasteiger charge is 2.30. The highest BCUT2D eigenvalue weighted by Crippen LogP contribution is 2.26. The second kappa shape index (κ2) is 9.82. The third kappa shape index (κ3) is 6.07. The van der Waals surface area contributed by atoms with E-state index in [0.29, 0.717) is 16.8 Å². The molecule has 2 aromatic rings. The number of carbonyl (C=O) groups excluding carboxylic acids is 2. The molecule has 1 saturated carbocycles. The molecule has 31 heavy (non-hydrogen) atoms. The van der Waals surface area contributed by atoms with Crippen LogP contribution < -0.4 is 15.5 Å². The van der Waals surface area contributed by atoms with Crippen molar-refractivity contribution < 1.29 is 14.0 Å². The van der Waals surface area contributed by atoms with E-state index < -0.39 is 5.82 Å². The summed E-state index contributed by atoms with van der Waals surface area (Å²) in [6.45, 7) is 1.54. The molecule has 0 spiro atoms. The number of nitrogens with zero attached hydrogens (tertiary/aromatic N) is 3. The minimum Gasteiger partial charge on any atom is -0.355 e. The largest absolute Gasteiger partial charge is 0.355 e. The lowest BCUT2D eigenvalue weighted by Crippen LogP contribution is -2.41. The molecule has 7 nitrogen and oxygen atoms in total. The molecule has 4 rings (SSSR count).